The summed E-state index contributed by atoms with van der Waals surface area (Å²) in [6.45, 7) is 4.43. The molecule has 0 heterocycles. The van der Waals surface area contributed by atoms with Crippen LogP contribution in [0.2, 0.25) is 0 Å². The highest BCUT2D eigenvalue weighted by Gasteiger charge is 2.07. The number of hydrogen-bond donors (Lipinski definition) is 1. The number of benzene rings is 2. The topological polar surface area (TPSA) is 32.3 Å². The molecule has 0 unspecified atom stereocenters. The molecule has 0 aliphatic rings. The molecule has 0 bridgehead atoms. The Labute approximate surface area is 120 Å². The summed E-state index contributed by atoms with van der Waals surface area (Å²) in [7, 11) is 1.91. The molecular formula is C17H20N2O. The van der Waals surface area contributed by atoms with E-state index in [4.69, 9.17) is 0 Å². The first-order valence-electron chi connectivity index (χ1n) is 6.69. The number of rotatable bonds is 4. The SMILES string of the molecule is Cc1ccc(NC(=O)CN(C)c2ccccc2)cc1C. The van der Waals surface area contributed by atoms with E-state index in [1.165, 1.54) is 11.1 Å². The molecule has 0 atom stereocenters. The summed E-state index contributed by atoms with van der Waals surface area (Å²) >= 11 is 0. The molecule has 3 heteroatoms. The van der Waals surface area contributed by atoms with Crippen molar-refractivity contribution in [1.82, 2.24) is 0 Å². The van der Waals surface area contributed by atoms with Crippen LogP contribution in [0, 0.1) is 13.8 Å². The number of nitrogens with zero attached hydrogens (tertiary/aromatic N) is 1. The molecule has 0 spiro atoms. The van der Waals surface area contributed by atoms with Gasteiger partial charge in [0.15, 0.2) is 0 Å². The Morgan fingerprint density at radius 1 is 1.05 bits per heavy atom. The fourth-order valence-corrected chi connectivity index (χ4v) is 2.01. The molecule has 20 heavy (non-hydrogen) atoms. The Morgan fingerprint density at radius 2 is 1.75 bits per heavy atom. The van der Waals surface area contributed by atoms with Crippen molar-refractivity contribution in [2.45, 2.75) is 13.8 Å². The highest BCUT2D eigenvalue weighted by atomic mass is 16.2. The lowest BCUT2D eigenvalue weighted by Gasteiger charge is -2.18. The smallest absolute Gasteiger partial charge is 0.243 e. The highest BCUT2D eigenvalue weighted by Crippen LogP contribution is 2.15. The van der Waals surface area contributed by atoms with Crippen molar-refractivity contribution in [3.8, 4) is 0 Å². The summed E-state index contributed by atoms with van der Waals surface area (Å²) in [5.74, 6) is -0.0143. The molecule has 2 aromatic rings. The van der Waals surface area contributed by atoms with E-state index in [0.29, 0.717) is 6.54 Å². The number of aryl methyl sites for hydroxylation is 2. The van der Waals surface area contributed by atoms with Gasteiger partial charge in [-0.2, -0.15) is 0 Å². The van der Waals surface area contributed by atoms with Gasteiger partial charge in [0, 0.05) is 18.4 Å². The van der Waals surface area contributed by atoms with Crippen molar-refractivity contribution in [1.29, 1.82) is 0 Å². The van der Waals surface area contributed by atoms with Gasteiger partial charge in [-0.3, -0.25) is 4.79 Å². The third kappa shape index (κ3) is 3.60. The lowest BCUT2D eigenvalue weighted by molar-refractivity contribution is -0.114. The zero-order valence-corrected chi connectivity index (χ0v) is 12.2. The van der Waals surface area contributed by atoms with Gasteiger partial charge < -0.3 is 10.2 Å². The molecule has 2 rings (SSSR count). The molecule has 1 amide bonds. The van der Waals surface area contributed by atoms with Gasteiger partial charge in [0.1, 0.15) is 0 Å². The normalized spacial score (nSPS) is 10.2. The van der Waals surface area contributed by atoms with Crippen molar-refractivity contribution in [2.24, 2.45) is 0 Å². The number of amides is 1. The molecule has 0 saturated heterocycles. The van der Waals surface area contributed by atoms with Crippen molar-refractivity contribution >= 4 is 17.3 Å². The summed E-state index contributed by atoms with van der Waals surface area (Å²) in [6.07, 6.45) is 0. The summed E-state index contributed by atoms with van der Waals surface area (Å²) in [4.78, 5) is 14.0. The maximum absolute atomic E-state index is 12.0. The van der Waals surface area contributed by atoms with E-state index in [0.717, 1.165) is 11.4 Å². The number of para-hydroxylation sites is 1. The van der Waals surface area contributed by atoms with Gasteiger partial charge >= 0.3 is 0 Å². The van der Waals surface area contributed by atoms with Crippen LogP contribution in [0.4, 0.5) is 11.4 Å². The minimum atomic E-state index is -0.0143. The Hall–Kier alpha value is -2.29. The molecule has 104 valence electrons. The number of carbonyl (C=O) groups excluding carboxylic acids is 1. The van der Waals surface area contributed by atoms with E-state index in [-0.39, 0.29) is 5.91 Å². The first kappa shape index (κ1) is 14.1. The first-order valence-corrected chi connectivity index (χ1v) is 6.69. The lowest BCUT2D eigenvalue weighted by Crippen LogP contribution is -2.30. The average Bonchev–Trinajstić information content (AvgIpc) is 2.44. The second kappa shape index (κ2) is 6.24. The third-order valence-electron chi connectivity index (χ3n) is 3.37. The maximum Gasteiger partial charge on any atom is 0.243 e. The van der Waals surface area contributed by atoms with Gasteiger partial charge in [-0.15, -0.1) is 0 Å². The maximum atomic E-state index is 12.0. The monoisotopic (exact) mass is 268 g/mol. The first-order chi connectivity index (χ1) is 9.56. The molecule has 1 N–H and O–H groups in total. The Balaban J connectivity index is 1.97. The predicted molar refractivity (Wildman–Crippen MR) is 84.3 cm³/mol. The van der Waals surface area contributed by atoms with Crippen molar-refractivity contribution < 1.29 is 4.79 Å². The van der Waals surface area contributed by atoms with Gasteiger partial charge in [0.25, 0.3) is 0 Å². The van der Waals surface area contributed by atoms with E-state index < -0.39 is 0 Å². The molecule has 0 fully saturated rings. The molecule has 0 aliphatic heterocycles. The van der Waals surface area contributed by atoms with Crippen LogP contribution >= 0.6 is 0 Å². The Bertz CT molecular complexity index is 593. The van der Waals surface area contributed by atoms with Crippen LogP contribution in [0.25, 0.3) is 0 Å². The number of hydrogen-bond acceptors (Lipinski definition) is 2. The molecule has 3 nitrogen and oxygen atoms in total. The van der Waals surface area contributed by atoms with Crippen molar-refractivity contribution in [3.05, 3.63) is 59.7 Å². The summed E-state index contributed by atoms with van der Waals surface area (Å²) in [5, 5.41) is 2.93. The van der Waals surface area contributed by atoms with Crippen LogP contribution in [0.1, 0.15) is 11.1 Å². The second-order valence-corrected chi connectivity index (χ2v) is 5.04. The molecular weight excluding hydrogens is 248 g/mol. The van der Waals surface area contributed by atoms with Gasteiger partial charge in [-0.1, -0.05) is 24.3 Å². The van der Waals surface area contributed by atoms with E-state index in [9.17, 15) is 4.79 Å². The van der Waals surface area contributed by atoms with Crippen LogP contribution in [0.3, 0.4) is 0 Å². The highest BCUT2D eigenvalue weighted by molar-refractivity contribution is 5.94. The van der Waals surface area contributed by atoms with E-state index in [1.54, 1.807) is 0 Å². The zero-order valence-electron chi connectivity index (χ0n) is 12.2. The zero-order chi connectivity index (χ0) is 14.5. The lowest BCUT2D eigenvalue weighted by atomic mass is 10.1. The molecule has 0 saturated carbocycles. The van der Waals surface area contributed by atoms with Crippen LogP contribution in [0.5, 0.6) is 0 Å². The van der Waals surface area contributed by atoms with Gasteiger partial charge in [-0.05, 0) is 49.2 Å². The minimum Gasteiger partial charge on any atom is -0.365 e. The standard InChI is InChI=1S/C17H20N2O/c1-13-9-10-15(11-14(13)2)18-17(20)12-19(3)16-7-5-4-6-8-16/h4-11H,12H2,1-3H3,(H,18,20). The molecule has 0 aromatic heterocycles. The second-order valence-electron chi connectivity index (χ2n) is 5.04. The summed E-state index contributed by atoms with van der Waals surface area (Å²) in [6, 6.07) is 15.8. The van der Waals surface area contributed by atoms with Gasteiger partial charge in [0.05, 0.1) is 6.54 Å². The Kier molecular flexibility index (Phi) is 4.41. The third-order valence-corrected chi connectivity index (χ3v) is 3.37. The van der Waals surface area contributed by atoms with Crippen LogP contribution in [-0.4, -0.2) is 19.5 Å². The fraction of sp³-hybridized carbons (Fsp3) is 0.235. The number of carbonyl (C=O) groups is 1. The van der Waals surface area contributed by atoms with Crippen molar-refractivity contribution in [3.63, 3.8) is 0 Å². The number of likely N-dealkylation sites (N-methyl/N-ethyl adjacent to an activating group) is 1. The van der Waals surface area contributed by atoms with Gasteiger partial charge in [-0.25, -0.2) is 0 Å². The van der Waals surface area contributed by atoms with E-state index in [1.807, 2.05) is 67.4 Å². The summed E-state index contributed by atoms with van der Waals surface area (Å²) in [5.41, 5.74) is 4.28. The molecule has 0 aliphatic carbocycles. The van der Waals surface area contributed by atoms with Gasteiger partial charge in [0.2, 0.25) is 5.91 Å². The van der Waals surface area contributed by atoms with Crippen molar-refractivity contribution in [2.75, 3.05) is 23.8 Å². The Morgan fingerprint density at radius 3 is 2.40 bits per heavy atom. The average molecular weight is 268 g/mol. The van der Waals surface area contributed by atoms with E-state index >= 15 is 0 Å². The molecule has 0 radical (unpaired) electrons. The van der Waals surface area contributed by atoms with Crippen LogP contribution in [-0.2, 0) is 4.79 Å². The largest absolute Gasteiger partial charge is 0.365 e. The fourth-order valence-electron chi connectivity index (χ4n) is 2.01. The minimum absolute atomic E-state index is 0.0143. The quantitative estimate of drug-likeness (QED) is 0.922. The van der Waals surface area contributed by atoms with E-state index in [2.05, 4.69) is 12.2 Å². The number of anilines is 2. The number of nitrogens with one attached hydrogen (secondary N) is 1. The molecule has 2 aromatic carbocycles. The van der Waals surface area contributed by atoms with Crippen LogP contribution in [0.15, 0.2) is 48.5 Å². The predicted octanol–water partition coefficient (Wildman–Crippen LogP) is 3.38. The van der Waals surface area contributed by atoms with Crippen LogP contribution < -0.4 is 10.2 Å². The summed E-state index contributed by atoms with van der Waals surface area (Å²) < 4.78 is 0.